The molecule has 0 saturated carbocycles. The second kappa shape index (κ2) is 4.87. The predicted octanol–water partition coefficient (Wildman–Crippen LogP) is 3.04. The number of hydrogen-bond acceptors (Lipinski definition) is 2. The lowest BCUT2D eigenvalue weighted by Crippen LogP contribution is -2.16. The number of benzene rings is 2. The van der Waals surface area contributed by atoms with E-state index in [4.69, 9.17) is 5.73 Å². The Morgan fingerprint density at radius 2 is 1.59 bits per heavy atom. The van der Waals surface area contributed by atoms with Crippen molar-refractivity contribution in [3.63, 3.8) is 0 Å². The van der Waals surface area contributed by atoms with Gasteiger partial charge in [0.25, 0.3) is 0 Å². The Balaban J connectivity index is 2.08. The van der Waals surface area contributed by atoms with Crippen LogP contribution < -0.4 is 10.6 Å². The third-order valence-corrected chi connectivity index (χ3v) is 2.67. The number of halogens is 1. The van der Waals surface area contributed by atoms with Crippen molar-refractivity contribution in [2.45, 2.75) is 6.54 Å². The molecule has 0 aromatic heterocycles. The molecule has 0 fully saturated rings. The van der Waals surface area contributed by atoms with E-state index < -0.39 is 0 Å². The van der Waals surface area contributed by atoms with Crippen LogP contribution in [0.1, 0.15) is 5.56 Å². The molecule has 0 atom stereocenters. The monoisotopic (exact) mass is 230 g/mol. The average Bonchev–Trinajstić information content (AvgIpc) is 2.33. The van der Waals surface area contributed by atoms with Gasteiger partial charge in [-0.1, -0.05) is 12.1 Å². The molecule has 3 heteroatoms. The van der Waals surface area contributed by atoms with Gasteiger partial charge in [-0.2, -0.15) is 0 Å². The zero-order valence-corrected chi connectivity index (χ0v) is 9.73. The Morgan fingerprint density at radius 3 is 2.18 bits per heavy atom. The Labute approximate surface area is 100 Å². The molecule has 2 nitrogen and oxygen atoms in total. The molecule has 2 aromatic rings. The molecule has 2 aromatic carbocycles. The normalized spacial score (nSPS) is 10.2. The highest BCUT2D eigenvalue weighted by molar-refractivity contribution is 5.47. The van der Waals surface area contributed by atoms with Crippen LogP contribution in [0, 0.1) is 5.82 Å². The molecule has 0 amide bonds. The van der Waals surface area contributed by atoms with E-state index in [1.807, 2.05) is 31.3 Å². The standard InChI is InChI=1S/C14H15FN2/c1-17(14-8-4-12(15)5-9-14)10-11-2-6-13(16)7-3-11/h2-9H,10,16H2,1H3. The Morgan fingerprint density at radius 1 is 1.00 bits per heavy atom. The van der Waals surface area contributed by atoms with Crippen LogP contribution in [0.5, 0.6) is 0 Å². The van der Waals surface area contributed by atoms with Crippen LogP contribution in [0.2, 0.25) is 0 Å². The van der Waals surface area contributed by atoms with Crippen molar-refractivity contribution >= 4 is 11.4 Å². The topological polar surface area (TPSA) is 29.3 Å². The van der Waals surface area contributed by atoms with Gasteiger partial charge in [0.05, 0.1) is 0 Å². The highest BCUT2D eigenvalue weighted by Crippen LogP contribution is 2.16. The van der Waals surface area contributed by atoms with Crippen LogP contribution in [0.3, 0.4) is 0 Å². The summed E-state index contributed by atoms with van der Waals surface area (Å²) in [6.07, 6.45) is 0. The maximum Gasteiger partial charge on any atom is 0.123 e. The van der Waals surface area contributed by atoms with Gasteiger partial charge in [0.2, 0.25) is 0 Å². The lowest BCUT2D eigenvalue weighted by Gasteiger charge is -2.19. The molecule has 0 aliphatic carbocycles. The Hall–Kier alpha value is -2.03. The minimum absolute atomic E-state index is 0.213. The van der Waals surface area contributed by atoms with Gasteiger partial charge >= 0.3 is 0 Å². The zero-order chi connectivity index (χ0) is 12.3. The highest BCUT2D eigenvalue weighted by atomic mass is 19.1. The molecule has 17 heavy (non-hydrogen) atoms. The van der Waals surface area contributed by atoms with Crippen molar-refractivity contribution in [1.82, 2.24) is 0 Å². The zero-order valence-electron chi connectivity index (χ0n) is 9.73. The molecule has 0 bridgehead atoms. The van der Waals surface area contributed by atoms with Crippen molar-refractivity contribution in [2.24, 2.45) is 0 Å². The van der Waals surface area contributed by atoms with E-state index in [-0.39, 0.29) is 5.82 Å². The van der Waals surface area contributed by atoms with Gasteiger partial charge in [0, 0.05) is 25.0 Å². The predicted molar refractivity (Wildman–Crippen MR) is 69.4 cm³/mol. The molecule has 0 spiro atoms. The molecule has 2 rings (SSSR count). The molecule has 0 radical (unpaired) electrons. The molecule has 0 heterocycles. The summed E-state index contributed by atoms with van der Waals surface area (Å²) in [7, 11) is 1.98. The highest BCUT2D eigenvalue weighted by Gasteiger charge is 2.02. The molecule has 2 N–H and O–H groups in total. The van der Waals surface area contributed by atoms with E-state index in [2.05, 4.69) is 4.90 Å². The molecule has 88 valence electrons. The fourth-order valence-corrected chi connectivity index (χ4v) is 1.68. The first-order chi connectivity index (χ1) is 8.15. The Kier molecular flexibility index (Phi) is 3.28. The van der Waals surface area contributed by atoms with Gasteiger partial charge in [-0.15, -0.1) is 0 Å². The van der Waals surface area contributed by atoms with Crippen LogP contribution in [0.25, 0.3) is 0 Å². The first-order valence-corrected chi connectivity index (χ1v) is 5.46. The van der Waals surface area contributed by atoms with E-state index in [0.29, 0.717) is 0 Å². The second-order valence-electron chi connectivity index (χ2n) is 4.07. The van der Waals surface area contributed by atoms with Crippen molar-refractivity contribution in [3.05, 3.63) is 59.9 Å². The fourth-order valence-electron chi connectivity index (χ4n) is 1.68. The van der Waals surface area contributed by atoms with E-state index >= 15 is 0 Å². The Bertz CT molecular complexity index is 477. The van der Waals surface area contributed by atoms with Crippen molar-refractivity contribution in [3.8, 4) is 0 Å². The number of hydrogen-bond donors (Lipinski definition) is 1. The van der Waals surface area contributed by atoms with E-state index in [9.17, 15) is 4.39 Å². The van der Waals surface area contributed by atoms with Gasteiger partial charge < -0.3 is 10.6 Å². The number of nitrogen functional groups attached to an aromatic ring is 1. The number of anilines is 2. The summed E-state index contributed by atoms with van der Waals surface area (Å²) >= 11 is 0. The van der Waals surface area contributed by atoms with Crippen LogP contribution >= 0.6 is 0 Å². The molecule has 0 unspecified atom stereocenters. The summed E-state index contributed by atoms with van der Waals surface area (Å²) in [5.74, 6) is -0.213. The van der Waals surface area contributed by atoms with Gasteiger partial charge in [0.15, 0.2) is 0 Å². The summed E-state index contributed by atoms with van der Waals surface area (Å²) in [6.45, 7) is 0.770. The summed E-state index contributed by atoms with van der Waals surface area (Å²) in [5, 5.41) is 0. The van der Waals surface area contributed by atoms with Gasteiger partial charge in [-0.3, -0.25) is 0 Å². The van der Waals surface area contributed by atoms with Gasteiger partial charge in [-0.05, 0) is 42.0 Å². The number of nitrogens with zero attached hydrogens (tertiary/aromatic N) is 1. The quantitative estimate of drug-likeness (QED) is 0.821. The third-order valence-electron chi connectivity index (χ3n) is 2.67. The summed E-state index contributed by atoms with van der Waals surface area (Å²) in [4.78, 5) is 2.06. The van der Waals surface area contributed by atoms with Crippen molar-refractivity contribution in [1.29, 1.82) is 0 Å². The minimum atomic E-state index is -0.213. The van der Waals surface area contributed by atoms with Crippen LogP contribution in [0.4, 0.5) is 15.8 Å². The van der Waals surface area contributed by atoms with E-state index in [0.717, 1.165) is 17.9 Å². The summed E-state index contributed by atoms with van der Waals surface area (Å²) in [6, 6.07) is 14.2. The fraction of sp³-hybridized carbons (Fsp3) is 0.143. The second-order valence-corrected chi connectivity index (χ2v) is 4.07. The van der Waals surface area contributed by atoms with Crippen LogP contribution in [-0.2, 0) is 6.54 Å². The summed E-state index contributed by atoms with van der Waals surface area (Å²) < 4.78 is 12.8. The lowest BCUT2D eigenvalue weighted by atomic mass is 10.2. The number of rotatable bonds is 3. The molecule has 0 saturated heterocycles. The first-order valence-electron chi connectivity index (χ1n) is 5.46. The summed E-state index contributed by atoms with van der Waals surface area (Å²) in [5.41, 5.74) is 8.55. The lowest BCUT2D eigenvalue weighted by molar-refractivity contribution is 0.627. The first kappa shape index (κ1) is 11.5. The maximum atomic E-state index is 12.8. The maximum absolute atomic E-state index is 12.8. The molecular weight excluding hydrogens is 215 g/mol. The van der Waals surface area contributed by atoms with Crippen molar-refractivity contribution < 1.29 is 4.39 Å². The smallest absolute Gasteiger partial charge is 0.123 e. The minimum Gasteiger partial charge on any atom is -0.399 e. The molecule has 0 aliphatic heterocycles. The SMILES string of the molecule is CN(Cc1ccc(N)cc1)c1ccc(F)cc1. The largest absolute Gasteiger partial charge is 0.399 e. The molecule has 0 aliphatic rings. The van der Waals surface area contributed by atoms with E-state index in [1.165, 1.54) is 17.7 Å². The molecular formula is C14H15FN2. The number of nitrogens with two attached hydrogens (primary N) is 1. The van der Waals surface area contributed by atoms with E-state index in [1.54, 1.807) is 12.1 Å². The van der Waals surface area contributed by atoms with Gasteiger partial charge in [0.1, 0.15) is 5.82 Å². The van der Waals surface area contributed by atoms with Crippen molar-refractivity contribution in [2.75, 3.05) is 17.7 Å². The van der Waals surface area contributed by atoms with Gasteiger partial charge in [-0.25, -0.2) is 4.39 Å². The van der Waals surface area contributed by atoms with Crippen LogP contribution in [0.15, 0.2) is 48.5 Å². The average molecular weight is 230 g/mol. The van der Waals surface area contributed by atoms with Crippen LogP contribution in [-0.4, -0.2) is 7.05 Å². The third kappa shape index (κ3) is 2.97.